The second kappa shape index (κ2) is 5.93. The van der Waals surface area contributed by atoms with Gasteiger partial charge in [-0.15, -0.1) is 0 Å². The van der Waals surface area contributed by atoms with E-state index >= 15 is 0 Å². The fraction of sp³-hybridized carbons (Fsp3) is 0.429. The Morgan fingerprint density at radius 1 is 1.42 bits per heavy atom. The van der Waals surface area contributed by atoms with Crippen LogP contribution in [0.4, 0.5) is 4.39 Å². The molecule has 0 amide bonds. The SMILES string of the molecule is CNC(C)CCc1nc(-c2ccc(F)cc2C)no1. The van der Waals surface area contributed by atoms with E-state index in [1.54, 1.807) is 6.07 Å². The molecule has 102 valence electrons. The van der Waals surface area contributed by atoms with Crippen molar-refractivity contribution in [2.45, 2.75) is 32.7 Å². The van der Waals surface area contributed by atoms with Gasteiger partial charge in [-0.3, -0.25) is 0 Å². The van der Waals surface area contributed by atoms with E-state index in [9.17, 15) is 4.39 Å². The van der Waals surface area contributed by atoms with Crippen LogP contribution in [0.1, 0.15) is 24.8 Å². The Morgan fingerprint density at radius 3 is 2.89 bits per heavy atom. The van der Waals surface area contributed by atoms with Gasteiger partial charge in [-0.05, 0) is 51.1 Å². The third kappa shape index (κ3) is 3.38. The number of hydrogen-bond acceptors (Lipinski definition) is 4. The number of hydrogen-bond donors (Lipinski definition) is 1. The maximum Gasteiger partial charge on any atom is 0.227 e. The molecule has 1 aromatic heterocycles. The predicted octanol–water partition coefficient (Wildman–Crippen LogP) is 2.72. The topological polar surface area (TPSA) is 51.0 Å². The van der Waals surface area contributed by atoms with Crippen molar-refractivity contribution in [1.82, 2.24) is 15.5 Å². The first kappa shape index (κ1) is 13.7. The molecule has 0 saturated carbocycles. The molecule has 0 fully saturated rings. The van der Waals surface area contributed by atoms with Crippen LogP contribution in [0, 0.1) is 12.7 Å². The van der Waals surface area contributed by atoms with Crippen LogP contribution in [-0.2, 0) is 6.42 Å². The largest absolute Gasteiger partial charge is 0.339 e. The van der Waals surface area contributed by atoms with Gasteiger partial charge in [-0.1, -0.05) is 5.16 Å². The van der Waals surface area contributed by atoms with Crippen molar-refractivity contribution < 1.29 is 8.91 Å². The van der Waals surface area contributed by atoms with E-state index in [-0.39, 0.29) is 5.82 Å². The van der Waals surface area contributed by atoms with Crippen LogP contribution in [-0.4, -0.2) is 23.2 Å². The van der Waals surface area contributed by atoms with Crippen molar-refractivity contribution in [2.75, 3.05) is 7.05 Å². The number of nitrogens with one attached hydrogen (secondary N) is 1. The summed E-state index contributed by atoms with van der Waals surface area (Å²) < 4.78 is 18.3. The highest BCUT2D eigenvalue weighted by Crippen LogP contribution is 2.21. The first-order chi connectivity index (χ1) is 9.10. The van der Waals surface area contributed by atoms with Gasteiger partial charge in [0.15, 0.2) is 0 Å². The van der Waals surface area contributed by atoms with Crippen molar-refractivity contribution >= 4 is 0 Å². The van der Waals surface area contributed by atoms with Crippen molar-refractivity contribution in [1.29, 1.82) is 0 Å². The average Bonchev–Trinajstić information content (AvgIpc) is 2.84. The maximum absolute atomic E-state index is 13.0. The van der Waals surface area contributed by atoms with E-state index < -0.39 is 0 Å². The van der Waals surface area contributed by atoms with Gasteiger partial charge in [0.1, 0.15) is 5.82 Å². The van der Waals surface area contributed by atoms with Crippen LogP contribution in [0.5, 0.6) is 0 Å². The minimum absolute atomic E-state index is 0.257. The molecule has 0 saturated heterocycles. The Balaban J connectivity index is 2.12. The smallest absolute Gasteiger partial charge is 0.227 e. The lowest BCUT2D eigenvalue weighted by Crippen LogP contribution is -2.21. The summed E-state index contributed by atoms with van der Waals surface area (Å²) in [7, 11) is 1.92. The molecule has 1 N–H and O–H groups in total. The predicted molar refractivity (Wildman–Crippen MR) is 71.3 cm³/mol. The molecule has 1 atom stereocenters. The molecule has 1 heterocycles. The molecule has 1 aromatic carbocycles. The molecule has 0 aliphatic rings. The van der Waals surface area contributed by atoms with Gasteiger partial charge in [0, 0.05) is 18.0 Å². The minimum Gasteiger partial charge on any atom is -0.339 e. The molecule has 0 aliphatic heterocycles. The molecule has 5 heteroatoms. The lowest BCUT2D eigenvalue weighted by atomic mass is 10.1. The molecule has 0 spiro atoms. The van der Waals surface area contributed by atoms with E-state index in [2.05, 4.69) is 22.4 Å². The maximum atomic E-state index is 13.0. The summed E-state index contributed by atoms with van der Waals surface area (Å²) in [6, 6.07) is 4.95. The highest BCUT2D eigenvalue weighted by Gasteiger charge is 2.12. The fourth-order valence-electron chi connectivity index (χ4n) is 1.83. The third-order valence-corrected chi connectivity index (χ3v) is 3.18. The lowest BCUT2D eigenvalue weighted by Gasteiger charge is -2.06. The van der Waals surface area contributed by atoms with Gasteiger partial charge in [-0.2, -0.15) is 4.98 Å². The molecule has 0 radical (unpaired) electrons. The zero-order chi connectivity index (χ0) is 13.8. The number of aromatic nitrogens is 2. The summed E-state index contributed by atoms with van der Waals surface area (Å²) >= 11 is 0. The van der Waals surface area contributed by atoms with Crippen molar-refractivity contribution in [3.05, 3.63) is 35.5 Å². The average molecular weight is 263 g/mol. The number of halogens is 1. The minimum atomic E-state index is -0.257. The van der Waals surface area contributed by atoms with Crippen molar-refractivity contribution in [2.24, 2.45) is 0 Å². The summed E-state index contributed by atoms with van der Waals surface area (Å²) in [6.07, 6.45) is 1.66. The number of benzene rings is 1. The van der Waals surface area contributed by atoms with Crippen LogP contribution in [0.15, 0.2) is 22.7 Å². The molecule has 2 aromatic rings. The van der Waals surface area contributed by atoms with Gasteiger partial charge in [0.2, 0.25) is 11.7 Å². The van der Waals surface area contributed by atoms with E-state index in [0.29, 0.717) is 17.8 Å². The standard InChI is InChI=1S/C14H18FN3O/c1-9-8-11(15)5-6-12(9)14-17-13(19-18-14)7-4-10(2)16-3/h5-6,8,10,16H,4,7H2,1-3H3. The zero-order valence-corrected chi connectivity index (χ0v) is 11.4. The Bertz CT molecular complexity index is 553. The molecule has 0 bridgehead atoms. The van der Waals surface area contributed by atoms with Crippen LogP contribution in [0.25, 0.3) is 11.4 Å². The first-order valence-electron chi connectivity index (χ1n) is 6.36. The molecular weight excluding hydrogens is 245 g/mol. The first-order valence-corrected chi connectivity index (χ1v) is 6.36. The fourth-order valence-corrected chi connectivity index (χ4v) is 1.83. The summed E-state index contributed by atoms with van der Waals surface area (Å²) in [4.78, 5) is 4.35. The van der Waals surface area contributed by atoms with E-state index in [4.69, 9.17) is 4.52 Å². The Hall–Kier alpha value is -1.75. The Kier molecular flexibility index (Phi) is 4.27. The van der Waals surface area contributed by atoms with Gasteiger partial charge >= 0.3 is 0 Å². The Labute approximate surface area is 112 Å². The normalized spacial score (nSPS) is 12.6. The highest BCUT2D eigenvalue weighted by atomic mass is 19.1. The van der Waals surface area contributed by atoms with Crippen LogP contribution >= 0.6 is 0 Å². The summed E-state index contributed by atoms with van der Waals surface area (Å²) in [6.45, 7) is 3.93. The van der Waals surface area contributed by atoms with Crippen LogP contribution < -0.4 is 5.32 Å². The lowest BCUT2D eigenvalue weighted by molar-refractivity contribution is 0.369. The van der Waals surface area contributed by atoms with Gasteiger partial charge in [0.25, 0.3) is 0 Å². The number of nitrogens with zero attached hydrogens (tertiary/aromatic N) is 2. The second-order valence-corrected chi connectivity index (χ2v) is 4.70. The molecule has 0 aliphatic carbocycles. The van der Waals surface area contributed by atoms with Gasteiger partial charge < -0.3 is 9.84 Å². The summed E-state index contributed by atoms with van der Waals surface area (Å²) in [5, 5.41) is 7.11. The van der Waals surface area contributed by atoms with Crippen LogP contribution in [0.2, 0.25) is 0 Å². The van der Waals surface area contributed by atoms with Gasteiger partial charge in [-0.25, -0.2) is 4.39 Å². The Morgan fingerprint density at radius 2 is 2.21 bits per heavy atom. The summed E-state index contributed by atoms with van der Waals surface area (Å²) in [5.74, 6) is 0.873. The highest BCUT2D eigenvalue weighted by molar-refractivity contribution is 5.59. The second-order valence-electron chi connectivity index (χ2n) is 4.70. The molecular formula is C14H18FN3O. The molecule has 2 rings (SSSR count). The van der Waals surface area contributed by atoms with Crippen LogP contribution in [0.3, 0.4) is 0 Å². The third-order valence-electron chi connectivity index (χ3n) is 3.18. The quantitative estimate of drug-likeness (QED) is 0.901. The number of aryl methyl sites for hydroxylation is 2. The monoisotopic (exact) mass is 263 g/mol. The van der Waals surface area contributed by atoms with Crippen molar-refractivity contribution in [3.8, 4) is 11.4 Å². The number of rotatable bonds is 5. The van der Waals surface area contributed by atoms with Crippen molar-refractivity contribution in [3.63, 3.8) is 0 Å². The van der Waals surface area contributed by atoms with E-state index in [0.717, 1.165) is 24.0 Å². The zero-order valence-electron chi connectivity index (χ0n) is 11.4. The van der Waals surface area contributed by atoms with E-state index in [1.807, 2.05) is 14.0 Å². The van der Waals surface area contributed by atoms with E-state index in [1.165, 1.54) is 12.1 Å². The summed E-state index contributed by atoms with van der Waals surface area (Å²) in [5.41, 5.74) is 1.61. The molecule has 19 heavy (non-hydrogen) atoms. The molecule has 1 unspecified atom stereocenters. The van der Waals surface area contributed by atoms with Gasteiger partial charge in [0.05, 0.1) is 0 Å². The molecule has 4 nitrogen and oxygen atoms in total.